The molecule has 0 unspecified atom stereocenters. The van der Waals surface area contributed by atoms with Crippen LogP contribution in [0, 0.1) is 0 Å². The molecule has 0 aliphatic carbocycles. The van der Waals surface area contributed by atoms with Gasteiger partial charge < -0.3 is 24.8 Å². The van der Waals surface area contributed by atoms with Crippen LogP contribution in [-0.2, 0) is 33.8 Å². The molecular weight excluding hydrogens is 632 g/mol. The van der Waals surface area contributed by atoms with Crippen molar-refractivity contribution >= 4 is 29.3 Å². The van der Waals surface area contributed by atoms with Gasteiger partial charge >= 0.3 is 5.97 Å². The molecule has 0 aliphatic heterocycles. The third-order valence-corrected chi connectivity index (χ3v) is 8.11. The molecule has 0 aliphatic rings. The average Bonchev–Trinajstić information content (AvgIpc) is 3.11. The molecule has 0 bridgehead atoms. The van der Waals surface area contributed by atoms with Crippen molar-refractivity contribution in [1.29, 1.82) is 0 Å². The largest absolute Gasteiger partial charge is 0.494 e. The zero-order chi connectivity index (χ0) is 35.7. The van der Waals surface area contributed by atoms with E-state index in [4.69, 9.17) is 14.2 Å². The van der Waals surface area contributed by atoms with Crippen LogP contribution in [-0.4, -0.2) is 43.3 Å². The van der Waals surface area contributed by atoms with Crippen molar-refractivity contribution in [2.24, 2.45) is 0 Å². The van der Waals surface area contributed by atoms with Crippen LogP contribution >= 0.6 is 0 Å². The molecule has 9 heteroatoms. The number of anilines is 1. The van der Waals surface area contributed by atoms with Crippen molar-refractivity contribution in [3.8, 4) is 11.5 Å². The number of carbonyl (C=O) groups excluding carboxylic acids is 4. The number of methoxy groups -OCH3 is 1. The topological polar surface area (TPSA) is 120 Å². The van der Waals surface area contributed by atoms with Crippen molar-refractivity contribution in [2.45, 2.75) is 71.4 Å². The molecule has 4 aromatic rings. The van der Waals surface area contributed by atoms with E-state index in [1.807, 2.05) is 24.3 Å². The van der Waals surface area contributed by atoms with Crippen LogP contribution < -0.4 is 20.1 Å². The minimum absolute atomic E-state index is 0.179. The molecule has 0 spiro atoms. The van der Waals surface area contributed by atoms with Gasteiger partial charge in [-0.05, 0) is 97.1 Å². The number of ether oxygens (including phenoxy) is 3. The lowest BCUT2D eigenvalue weighted by atomic mass is 10.0. The van der Waals surface area contributed by atoms with Gasteiger partial charge in [-0.25, -0.2) is 4.79 Å². The van der Waals surface area contributed by atoms with Crippen molar-refractivity contribution < 1.29 is 33.4 Å². The van der Waals surface area contributed by atoms with E-state index >= 15 is 0 Å². The first-order valence-corrected chi connectivity index (χ1v) is 17.1. The zero-order valence-corrected chi connectivity index (χ0v) is 29.0. The summed E-state index contributed by atoms with van der Waals surface area (Å²) in [4.78, 5) is 50.7. The van der Waals surface area contributed by atoms with Crippen LogP contribution in [0.15, 0.2) is 97.1 Å². The highest BCUT2D eigenvalue weighted by Crippen LogP contribution is 2.19. The molecule has 9 nitrogen and oxygen atoms in total. The van der Waals surface area contributed by atoms with Gasteiger partial charge in [0.25, 0.3) is 5.91 Å². The van der Waals surface area contributed by atoms with Crippen LogP contribution in [0.3, 0.4) is 0 Å². The van der Waals surface area contributed by atoms with Crippen molar-refractivity contribution in [1.82, 2.24) is 5.32 Å². The van der Waals surface area contributed by atoms with Crippen LogP contribution in [0.5, 0.6) is 11.5 Å². The first kappa shape index (κ1) is 37.5. The summed E-state index contributed by atoms with van der Waals surface area (Å²) < 4.78 is 16.4. The summed E-state index contributed by atoms with van der Waals surface area (Å²) in [7, 11) is 1.63. The Kier molecular flexibility index (Phi) is 14.8. The van der Waals surface area contributed by atoms with E-state index < -0.39 is 17.9 Å². The van der Waals surface area contributed by atoms with E-state index in [9.17, 15) is 19.2 Å². The predicted molar refractivity (Wildman–Crippen MR) is 194 cm³/mol. The minimum Gasteiger partial charge on any atom is -0.494 e. The molecule has 0 aromatic heterocycles. The van der Waals surface area contributed by atoms with Gasteiger partial charge in [0.1, 0.15) is 11.5 Å². The molecule has 0 saturated carbocycles. The van der Waals surface area contributed by atoms with Gasteiger partial charge in [-0.1, -0.05) is 69.0 Å². The van der Waals surface area contributed by atoms with Gasteiger partial charge in [0.2, 0.25) is 5.91 Å². The number of nitrogens with one attached hydrogen (secondary N) is 2. The van der Waals surface area contributed by atoms with Crippen molar-refractivity contribution in [3.05, 3.63) is 125 Å². The Morgan fingerprint density at radius 3 is 1.92 bits per heavy atom. The highest BCUT2D eigenvalue weighted by atomic mass is 16.5. The first-order chi connectivity index (χ1) is 24.2. The van der Waals surface area contributed by atoms with E-state index in [-0.39, 0.29) is 24.5 Å². The summed E-state index contributed by atoms with van der Waals surface area (Å²) in [6.45, 7) is 4.77. The number of rotatable bonds is 19. The predicted octanol–water partition coefficient (Wildman–Crippen LogP) is 7.51. The lowest BCUT2D eigenvalue weighted by molar-refractivity contribution is -0.119. The Bertz CT molecular complexity index is 1680. The van der Waals surface area contributed by atoms with Gasteiger partial charge in [0.15, 0.2) is 5.78 Å². The molecule has 0 saturated heterocycles. The lowest BCUT2D eigenvalue weighted by Gasteiger charge is -2.17. The van der Waals surface area contributed by atoms with Crippen LogP contribution in [0.1, 0.15) is 83.4 Å². The zero-order valence-electron chi connectivity index (χ0n) is 29.0. The maximum absolute atomic E-state index is 13.0. The number of Topliss-reactive ketones (excluding diaryl/α,β-unsaturated/α-hetero) is 1. The summed E-state index contributed by atoms with van der Waals surface area (Å²) in [5.74, 6) is -0.198. The molecule has 4 rings (SSSR count). The maximum Gasteiger partial charge on any atom is 0.343 e. The number of ketones is 1. The van der Waals surface area contributed by atoms with E-state index in [0.717, 1.165) is 29.5 Å². The SMILES string of the molecule is CCCCCCCOc1ccc(C(=O)Oc2ccc(C[C@H](NC(=O)c3ccc(NC(=O)Cc4ccc(COC)cc4)cc3)C(C)=O)cc2)cc1. The number of amides is 2. The van der Waals surface area contributed by atoms with E-state index in [0.29, 0.717) is 41.5 Å². The normalized spacial score (nSPS) is 11.3. The Morgan fingerprint density at radius 2 is 1.28 bits per heavy atom. The molecule has 1 atom stereocenters. The first-order valence-electron chi connectivity index (χ1n) is 17.1. The molecule has 2 amide bonds. The average molecular weight is 679 g/mol. The number of hydrogen-bond acceptors (Lipinski definition) is 7. The monoisotopic (exact) mass is 678 g/mol. The molecule has 0 fully saturated rings. The minimum atomic E-state index is -0.761. The third-order valence-electron chi connectivity index (χ3n) is 8.11. The standard InChI is InChI=1S/C41H46N2O7/c1-4-5-6-7-8-25-49-36-23-17-34(18-24-36)41(47)50-37-21-13-30(14-22-37)26-38(29(2)44)43-40(46)33-15-19-35(20-16-33)42-39(45)27-31-9-11-32(12-10-31)28-48-3/h9-24,38H,4-8,25-28H2,1-3H3,(H,42,45)(H,43,46)/t38-/m0/s1. The third kappa shape index (κ3) is 12.3. The van der Waals surface area contributed by atoms with Gasteiger partial charge in [-0.2, -0.15) is 0 Å². The lowest BCUT2D eigenvalue weighted by Crippen LogP contribution is -2.41. The van der Waals surface area contributed by atoms with E-state index in [1.165, 1.54) is 26.2 Å². The van der Waals surface area contributed by atoms with E-state index in [2.05, 4.69) is 17.6 Å². The highest BCUT2D eigenvalue weighted by Gasteiger charge is 2.19. The fourth-order valence-corrected chi connectivity index (χ4v) is 5.23. The molecular formula is C41H46N2O7. The van der Waals surface area contributed by atoms with Crippen molar-refractivity contribution in [3.63, 3.8) is 0 Å². The second-order valence-electron chi connectivity index (χ2n) is 12.2. The highest BCUT2D eigenvalue weighted by molar-refractivity contribution is 5.98. The maximum atomic E-state index is 13.0. The van der Waals surface area contributed by atoms with Crippen LogP contribution in [0.4, 0.5) is 5.69 Å². The quantitative estimate of drug-likeness (QED) is 0.0598. The Morgan fingerprint density at radius 1 is 0.680 bits per heavy atom. The van der Waals surface area contributed by atoms with Crippen LogP contribution in [0.25, 0.3) is 0 Å². The molecule has 262 valence electrons. The van der Waals surface area contributed by atoms with Gasteiger partial charge in [0, 0.05) is 18.4 Å². The molecule has 0 radical (unpaired) electrons. The smallest absolute Gasteiger partial charge is 0.343 e. The molecule has 4 aromatic carbocycles. The number of unbranched alkanes of at least 4 members (excludes halogenated alkanes) is 4. The number of esters is 1. The van der Waals surface area contributed by atoms with Crippen LogP contribution in [0.2, 0.25) is 0 Å². The summed E-state index contributed by atoms with van der Waals surface area (Å²) in [5, 5.41) is 5.65. The number of carbonyl (C=O) groups is 4. The number of hydrogen-bond donors (Lipinski definition) is 2. The summed E-state index contributed by atoms with van der Waals surface area (Å²) in [5.41, 5.74) is 4.00. The molecule has 0 heterocycles. The van der Waals surface area contributed by atoms with Gasteiger partial charge in [-0.15, -0.1) is 0 Å². The summed E-state index contributed by atoms with van der Waals surface area (Å²) in [6.07, 6.45) is 6.28. The fourth-order valence-electron chi connectivity index (χ4n) is 5.23. The second kappa shape index (κ2) is 19.7. The van der Waals surface area contributed by atoms with Gasteiger partial charge in [0.05, 0.1) is 31.2 Å². The molecule has 2 N–H and O–H groups in total. The Hall–Kier alpha value is -5.28. The summed E-state index contributed by atoms with van der Waals surface area (Å²) in [6, 6.07) is 27.1. The van der Waals surface area contributed by atoms with Gasteiger partial charge in [-0.3, -0.25) is 14.4 Å². The summed E-state index contributed by atoms with van der Waals surface area (Å²) >= 11 is 0. The number of benzene rings is 4. The second-order valence-corrected chi connectivity index (χ2v) is 12.2. The molecule has 50 heavy (non-hydrogen) atoms. The Balaban J connectivity index is 1.23. The fraction of sp³-hybridized carbons (Fsp3) is 0.317. The Labute approximate surface area is 294 Å². The van der Waals surface area contributed by atoms with Crippen molar-refractivity contribution in [2.75, 3.05) is 19.0 Å². The van der Waals surface area contributed by atoms with E-state index in [1.54, 1.807) is 79.9 Å².